The van der Waals surface area contributed by atoms with Gasteiger partial charge in [0.25, 0.3) is 0 Å². The Labute approximate surface area is 95.0 Å². The van der Waals surface area contributed by atoms with Gasteiger partial charge < -0.3 is 10.0 Å². The molecule has 0 aromatic heterocycles. The number of carbonyl (C=O) groups is 2. The fourth-order valence-electron chi connectivity index (χ4n) is 2.24. The van der Waals surface area contributed by atoms with Gasteiger partial charge in [-0.15, -0.1) is 0 Å². The smallest absolute Gasteiger partial charge is 0.310 e. The van der Waals surface area contributed by atoms with Gasteiger partial charge in [0.1, 0.15) is 0 Å². The molecule has 0 radical (unpaired) electrons. The molecule has 0 atom stereocenters. The number of hydrogen-bond acceptors (Lipinski definition) is 3. The maximum Gasteiger partial charge on any atom is 0.310 e. The predicted molar refractivity (Wildman–Crippen MR) is 58.0 cm³/mol. The zero-order valence-electron chi connectivity index (χ0n) is 9.61. The molecule has 90 valence electrons. The van der Waals surface area contributed by atoms with Gasteiger partial charge in [-0.25, -0.2) is 0 Å². The number of carbonyl (C=O) groups excluding carboxylic acids is 1. The van der Waals surface area contributed by atoms with Gasteiger partial charge in [-0.05, 0) is 12.8 Å². The number of amides is 1. The molecule has 1 heterocycles. The number of aliphatic carboxylic acids is 1. The van der Waals surface area contributed by atoms with Crippen molar-refractivity contribution in [1.82, 2.24) is 9.80 Å². The van der Waals surface area contributed by atoms with E-state index >= 15 is 0 Å². The van der Waals surface area contributed by atoms with E-state index in [1.807, 2.05) is 4.90 Å². The first-order chi connectivity index (χ1) is 7.53. The minimum atomic E-state index is -0.665. The fraction of sp³-hybridized carbons (Fsp3) is 0.818. The summed E-state index contributed by atoms with van der Waals surface area (Å²) in [5.41, 5.74) is -0.474. The minimum absolute atomic E-state index is 0.110. The summed E-state index contributed by atoms with van der Waals surface area (Å²) in [6.45, 7) is 5.28. The van der Waals surface area contributed by atoms with Crippen LogP contribution < -0.4 is 0 Å². The largest absolute Gasteiger partial charge is 0.481 e. The van der Waals surface area contributed by atoms with Crippen LogP contribution in [0.15, 0.2) is 0 Å². The minimum Gasteiger partial charge on any atom is -0.481 e. The lowest BCUT2D eigenvalue weighted by atomic mass is 10.1. The molecule has 1 amide bonds. The Kier molecular flexibility index (Phi) is 2.88. The van der Waals surface area contributed by atoms with Crippen LogP contribution >= 0.6 is 0 Å². The van der Waals surface area contributed by atoms with Crippen LogP contribution in [0, 0.1) is 5.41 Å². The topological polar surface area (TPSA) is 60.9 Å². The maximum atomic E-state index is 11.1. The summed E-state index contributed by atoms with van der Waals surface area (Å²) in [6.07, 6.45) is 1.60. The van der Waals surface area contributed by atoms with Gasteiger partial charge in [-0.1, -0.05) is 0 Å². The van der Waals surface area contributed by atoms with E-state index in [9.17, 15) is 9.59 Å². The zero-order chi connectivity index (χ0) is 11.8. The lowest BCUT2D eigenvalue weighted by Gasteiger charge is -2.35. The van der Waals surface area contributed by atoms with Crippen LogP contribution in [0.3, 0.4) is 0 Å². The molecular weight excluding hydrogens is 208 g/mol. The van der Waals surface area contributed by atoms with E-state index in [4.69, 9.17) is 5.11 Å². The van der Waals surface area contributed by atoms with Crippen LogP contribution in [0.25, 0.3) is 0 Å². The van der Waals surface area contributed by atoms with Crippen LogP contribution in [0.5, 0.6) is 0 Å². The quantitative estimate of drug-likeness (QED) is 0.736. The summed E-state index contributed by atoms with van der Waals surface area (Å²) in [7, 11) is 0. The summed E-state index contributed by atoms with van der Waals surface area (Å²) in [5.74, 6) is -0.555. The summed E-state index contributed by atoms with van der Waals surface area (Å²) in [5, 5.41) is 9.08. The molecule has 0 unspecified atom stereocenters. The first kappa shape index (κ1) is 11.4. The number of rotatable bonds is 3. The van der Waals surface area contributed by atoms with Crippen molar-refractivity contribution >= 4 is 11.9 Å². The van der Waals surface area contributed by atoms with Crippen LogP contribution in [0.4, 0.5) is 0 Å². The highest BCUT2D eigenvalue weighted by Gasteiger charge is 2.51. The predicted octanol–water partition coefficient (Wildman–Crippen LogP) is 0.0153. The number of hydrogen-bond donors (Lipinski definition) is 1. The fourth-order valence-corrected chi connectivity index (χ4v) is 2.24. The van der Waals surface area contributed by atoms with Gasteiger partial charge in [0.15, 0.2) is 0 Å². The van der Waals surface area contributed by atoms with Gasteiger partial charge in [0.2, 0.25) is 5.91 Å². The second-order valence-corrected chi connectivity index (χ2v) is 4.87. The lowest BCUT2D eigenvalue weighted by molar-refractivity contribution is -0.144. The Morgan fingerprint density at radius 2 is 1.75 bits per heavy atom. The Hall–Kier alpha value is -1.10. The highest BCUT2D eigenvalue weighted by molar-refractivity contribution is 5.78. The highest BCUT2D eigenvalue weighted by Crippen LogP contribution is 2.46. The SMILES string of the molecule is CC(=O)N1CCN(CC2(C(=O)O)CC2)CC1. The maximum absolute atomic E-state index is 11.1. The van der Waals surface area contributed by atoms with E-state index in [0.29, 0.717) is 6.54 Å². The van der Waals surface area contributed by atoms with Crippen molar-refractivity contribution in [1.29, 1.82) is 0 Å². The van der Waals surface area contributed by atoms with Crippen LogP contribution in [0.2, 0.25) is 0 Å². The Bertz CT molecular complexity index is 304. The average Bonchev–Trinajstić information content (AvgIpc) is 3.00. The summed E-state index contributed by atoms with van der Waals surface area (Å²) < 4.78 is 0. The van der Waals surface area contributed by atoms with Crippen LogP contribution in [-0.2, 0) is 9.59 Å². The summed E-state index contributed by atoms with van der Waals surface area (Å²) in [6, 6.07) is 0. The van der Waals surface area contributed by atoms with Gasteiger partial charge in [0.05, 0.1) is 5.41 Å². The molecule has 2 aliphatic rings. The molecule has 5 nitrogen and oxygen atoms in total. The molecule has 5 heteroatoms. The zero-order valence-corrected chi connectivity index (χ0v) is 9.61. The van der Waals surface area contributed by atoms with Gasteiger partial charge >= 0.3 is 5.97 Å². The average molecular weight is 226 g/mol. The number of nitrogens with zero attached hydrogens (tertiary/aromatic N) is 2. The summed E-state index contributed by atoms with van der Waals surface area (Å²) >= 11 is 0. The first-order valence-corrected chi connectivity index (χ1v) is 5.75. The third kappa shape index (κ3) is 2.19. The van der Waals surface area contributed by atoms with Crippen molar-refractivity contribution in [3.8, 4) is 0 Å². The molecule has 1 saturated heterocycles. The standard InChI is InChI=1S/C11H18N2O3/c1-9(14)13-6-4-12(5-7-13)8-11(2-3-11)10(15)16/h2-8H2,1H3,(H,15,16). The molecule has 1 N–H and O–H groups in total. The molecule has 2 fully saturated rings. The monoisotopic (exact) mass is 226 g/mol. The second kappa shape index (κ2) is 4.05. The number of carboxylic acid groups (broad SMARTS) is 1. The number of piperazine rings is 1. The molecule has 1 saturated carbocycles. The first-order valence-electron chi connectivity index (χ1n) is 5.75. The van der Waals surface area contributed by atoms with Crippen molar-refractivity contribution in [2.45, 2.75) is 19.8 Å². The van der Waals surface area contributed by atoms with Crippen molar-refractivity contribution in [3.63, 3.8) is 0 Å². The molecule has 2 rings (SSSR count). The van der Waals surface area contributed by atoms with Crippen LogP contribution in [0.1, 0.15) is 19.8 Å². The van der Waals surface area contributed by atoms with Crippen LogP contribution in [-0.4, -0.2) is 59.5 Å². The van der Waals surface area contributed by atoms with Gasteiger partial charge in [-0.2, -0.15) is 0 Å². The van der Waals surface area contributed by atoms with E-state index < -0.39 is 11.4 Å². The third-order valence-corrected chi connectivity index (χ3v) is 3.65. The normalized spacial score (nSPS) is 24.2. The molecular formula is C11H18N2O3. The molecule has 0 spiro atoms. The van der Waals surface area contributed by atoms with E-state index in [2.05, 4.69) is 4.90 Å². The van der Waals surface area contributed by atoms with E-state index in [-0.39, 0.29) is 5.91 Å². The van der Waals surface area contributed by atoms with E-state index in [1.165, 1.54) is 0 Å². The Morgan fingerprint density at radius 1 is 1.19 bits per heavy atom. The lowest BCUT2D eigenvalue weighted by Crippen LogP contribution is -2.50. The van der Waals surface area contributed by atoms with Crippen molar-refractivity contribution < 1.29 is 14.7 Å². The third-order valence-electron chi connectivity index (χ3n) is 3.65. The molecule has 0 aromatic carbocycles. The highest BCUT2D eigenvalue weighted by atomic mass is 16.4. The van der Waals surface area contributed by atoms with Crippen molar-refractivity contribution in [2.24, 2.45) is 5.41 Å². The Balaban J connectivity index is 1.82. The second-order valence-electron chi connectivity index (χ2n) is 4.87. The number of carboxylic acids is 1. The van der Waals surface area contributed by atoms with E-state index in [1.54, 1.807) is 6.92 Å². The summed E-state index contributed by atoms with van der Waals surface area (Å²) in [4.78, 5) is 26.1. The molecule has 0 aromatic rings. The molecule has 0 bridgehead atoms. The van der Waals surface area contributed by atoms with Crippen molar-refractivity contribution in [2.75, 3.05) is 32.7 Å². The molecule has 1 aliphatic heterocycles. The Morgan fingerprint density at radius 3 is 2.12 bits per heavy atom. The van der Waals surface area contributed by atoms with Crippen molar-refractivity contribution in [3.05, 3.63) is 0 Å². The molecule has 16 heavy (non-hydrogen) atoms. The molecule has 1 aliphatic carbocycles. The van der Waals surface area contributed by atoms with Gasteiger partial charge in [0, 0.05) is 39.6 Å². The van der Waals surface area contributed by atoms with E-state index in [0.717, 1.165) is 39.0 Å². The van der Waals surface area contributed by atoms with Gasteiger partial charge in [-0.3, -0.25) is 14.5 Å².